The summed E-state index contributed by atoms with van der Waals surface area (Å²) in [5.74, 6) is -0.956. The number of thiazole rings is 1. The minimum Gasteiger partial charge on any atom is -0.476 e. The van der Waals surface area contributed by atoms with Crippen LogP contribution in [0.25, 0.3) is 0 Å². The van der Waals surface area contributed by atoms with E-state index in [9.17, 15) is 4.79 Å². The molecule has 90 valence electrons. The SMILES string of the molecule is CN(Cc1csc(C(=O)O)n1)Cc1cccs1. The standard InChI is InChI=1S/C11H12N2O2S2/c1-13(6-9-3-2-4-16-9)5-8-7-17-10(12-8)11(14)15/h2-4,7H,5-6H2,1H3,(H,14,15). The molecule has 2 aromatic rings. The molecule has 0 bridgehead atoms. The van der Waals surface area contributed by atoms with E-state index in [1.165, 1.54) is 16.2 Å². The minimum atomic E-state index is -0.956. The maximum absolute atomic E-state index is 10.7. The second-order valence-electron chi connectivity index (χ2n) is 3.70. The van der Waals surface area contributed by atoms with Crippen LogP contribution >= 0.6 is 22.7 Å². The third-order valence-electron chi connectivity index (χ3n) is 2.17. The van der Waals surface area contributed by atoms with Crippen molar-refractivity contribution >= 4 is 28.6 Å². The Morgan fingerprint density at radius 2 is 2.29 bits per heavy atom. The molecule has 0 spiro atoms. The van der Waals surface area contributed by atoms with Crippen molar-refractivity contribution in [2.75, 3.05) is 7.05 Å². The number of aromatic carboxylic acids is 1. The Balaban J connectivity index is 1.93. The van der Waals surface area contributed by atoms with Crippen LogP contribution in [0.5, 0.6) is 0 Å². The Kier molecular flexibility index (Phi) is 3.88. The second kappa shape index (κ2) is 5.39. The fourth-order valence-corrected chi connectivity index (χ4v) is 2.91. The summed E-state index contributed by atoms with van der Waals surface area (Å²) < 4.78 is 0. The van der Waals surface area contributed by atoms with Gasteiger partial charge in [0.2, 0.25) is 5.01 Å². The second-order valence-corrected chi connectivity index (χ2v) is 5.59. The fraction of sp³-hybridized carbons (Fsp3) is 0.273. The van der Waals surface area contributed by atoms with Gasteiger partial charge in [-0.3, -0.25) is 4.90 Å². The van der Waals surface area contributed by atoms with E-state index in [2.05, 4.69) is 21.3 Å². The zero-order valence-electron chi connectivity index (χ0n) is 9.29. The molecule has 0 saturated carbocycles. The van der Waals surface area contributed by atoms with Crippen LogP contribution in [0, 0.1) is 0 Å². The molecule has 0 radical (unpaired) electrons. The van der Waals surface area contributed by atoms with E-state index in [0.717, 1.165) is 12.2 Å². The molecule has 0 unspecified atom stereocenters. The summed E-state index contributed by atoms with van der Waals surface area (Å²) >= 11 is 2.89. The van der Waals surface area contributed by atoms with E-state index in [1.54, 1.807) is 16.7 Å². The number of carbonyl (C=O) groups is 1. The molecule has 0 saturated heterocycles. The van der Waals surface area contributed by atoms with Crippen LogP contribution in [0.2, 0.25) is 0 Å². The zero-order chi connectivity index (χ0) is 12.3. The summed E-state index contributed by atoms with van der Waals surface area (Å²) in [6, 6.07) is 4.12. The lowest BCUT2D eigenvalue weighted by atomic mass is 10.4. The summed E-state index contributed by atoms with van der Waals surface area (Å²) in [7, 11) is 2.00. The minimum absolute atomic E-state index is 0.157. The Labute approximate surface area is 107 Å². The smallest absolute Gasteiger partial charge is 0.365 e. The highest BCUT2D eigenvalue weighted by Gasteiger charge is 2.10. The van der Waals surface area contributed by atoms with Gasteiger partial charge in [-0.25, -0.2) is 9.78 Å². The first-order chi connectivity index (χ1) is 8.15. The van der Waals surface area contributed by atoms with Crippen molar-refractivity contribution in [2.45, 2.75) is 13.1 Å². The number of hydrogen-bond acceptors (Lipinski definition) is 5. The van der Waals surface area contributed by atoms with Crippen LogP contribution < -0.4 is 0 Å². The average molecular weight is 268 g/mol. The number of aromatic nitrogens is 1. The van der Waals surface area contributed by atoms with Gasteiger partial charge < -0.3 is 5.11 Å². The molecule has 4 nitrogen and oxygen atoms in total. The third kappa shape index (κ3) is 3.36. The average Bonchev–Trinajstić information content (AvgIpc) is 2.88. The van der Waals surface area contributed by atoms with Gasteiger partial charge in [-0.2, -0.15) is 0 Å². The Hall–Kier alpha value is -1.24. The largest absolute Gasteiger partial charge is 0.476 e. The van der Waals surface area contributed by atoms with Gasteiger partial charge in [0.05, 0.1) is 5.69 Å². The molecule has 6 heteroatoms. The van der Waals surface area contributed by atoms with E-state index in [-0.39, 0.29) is 5.01 Å². The Bertz CT molecular complexity index is 493. The van der Waals surface area contributed by atoms with E-state index >= 15 is 0 Å². The van der Waals surface area contributed by atoms with Gasteiger partial charge in [-0.05, 0) is 18.5 Å². The molecule has 0 amide bonds. The molecule has 1 N–H and O–H groups in total. The van der Waals surface area contributed by atoms with Gasteiger partial charge in [0.25, 0.3) is 0 Å². The summed E-state index contributed by atoms with van der Waals surface area (Å²) in [5, 5.41) is 12.8. The lowest BCUT2D eigenvalue weighted by Crippen LogP contribution is -2.16. The first-order valence-corrected chi connectivity index (χ1v) is 6.79. The summed E-state index contributed by atoms with van der Waals surface area (Å²) in [6.07, 6.45) is 0. The summed E-state index contributed by atoms with van der Waals surface area (Å²) in [6.45, 7) is 1.53. The van der Waals surface area contributed by atoms with Crippen LogP contribution in [0.15, 0.2) is 22.9 Å². The molecule has 17 heavy (non-hydrogen) atoms. The molecular weight excluding hydrogens is 256 g/mol. The lowest BCUT2D eigenvalue weighted by molar-refractivity contribution is 0.0696. The number of nitrogens with zero attached hydrogens (tertiary/aromatic N) is 2. The van der Waals surface area contributed by atoms with Gasteiger partial charge in [-0.15, -0.1) is 22.7 Å². The van der Waals surface area contributed by atoms with Crippen molar-refractivity contribution in [1.82, 2.24) is 9.88 Å². The molecule has 2 aromatic heterocycles. The summed E-state index contributed by atoms with van der Waals surface area (Å²) in [4.78, 5) is 18.2. The molecule has 0 aliphatic heterocycles. The highest BCUT2D eigenvalue weighted by molar-refractivity contribution is 7.11. The number of carboxylic acid groups (broad SMARTS) is 1. The molecular formula is C11H12N2O2S2. The maximum atomic E-state index is 10.7. The van der Waals surface area contributed by atoms with Crippen molar-refractivity contribution < 1.29 is 9.90 Å². The topological polar surface area (TPSA) is 53.4 Å². The normalized spacial score (nSPS) is 10.9. The molecule has 0 aliphatic rings. The Morgan fingerprint density at radius 1 is 1.47 bits per heavy atom. The number of thiophene rings is 1. The van der Waals surface area contributed by atoms with Gasteiger partial charge in [0.15, 0.2) is 0 Å². The van der Waals surface area contributed by atoms with Gasteiger partial charge in [-0.1, -0.05) is 6.07 Å². The van der Waals surface area contributed by atoms with E-state index in [0.29, 0.717) is 6.54 Å². The highest BCUT2D eigenvalue weighted by atomic mass is 32.1. The zero-order valence-corrected chi connectivity index (χ0v) is 10.9. The predicted octanol–water partition coefficient (Wildman–Crippen LogP) is 2.53. The van der Waals surface area contributed by atoms with Crippen molar-refractivity contribution in [1.29, 1.82) is 0 Å². The van der Waals surface area contributed by atoms with Crippen molar-refractivity contribution in [2.24, 2.45) is 0 Å². The number of hydrogen-bond donors (Lipinski definition) is 1. The molecule has 0 fully saturated rings. The molecule has 0 aromatic carbocycles. The van der Waals surface area contributed by atoms with Gasteiger partial charge in [0, 0.05) is 23.3 Å². The third-order valence-corrected chi connectivity index (χ3v) is 3.91. The number of rotatable bonds is 5. The number of carboxylic acids is 1. The van der Waals surface area contributed by atoms with Crippen LogP contribution in [-0.4, -0.2) is 28.0 Å². The van der Waals surface area contributed by atoms with Crippen LogP contribution in [0.3, 0.4) is 0 Å². The predicted molar refractivity (Wildman–Crippen MR) is 68.6 cm³/mol. The van der Waals surface area contributed by atoms with Crippen LogP contribution in [0.4, 0.5) is 0 Å². The van der Waals surface area contributed by atoms with E-state index in [1.807, 2.05) is 13.1 Å². The maximum Gasteiger partial charge on any atom is 0.365 e. The fourth-order valence-electron chi connectivity index (χ4n) is 1.48. The van der Waals surface area contributed by atoms with E-state index in [4.69, 9.17) is 5.11 Å². The van der Waals surface area contributed by atoms with Gasteiger partial charge >= 0.3 is 5.97 Å². The quantitative estimate of drug-likeness (QED) is 0.905. The molecule has 0 atom stereocenters. The lowest BCUT2D eigenvalue weighted by Gasteiger charge is -2.13. The highest BCUT2D eigenvalue weighted by Crippen LogP contribution is 2.14. The molecule has 2 rings (SSSR count). The first kappa shape index (κ1) is 12.2. The van der Waals surface area contributed by atoms with Crippen molar-refractivity contribution in [3.05, 3.63) is 38.5 Å². The van der Waals surface area contributed by atoms with Crippen molar-refractivity contribution in [3.8, 4) is 0 Å². The Morgan fingerprint density at radius 3 is 2.88 bits per heavy atom. The monoisotopic (exact) mass is 268 g/mol. The van der Waals surface area contributed by atoms with Crippen LogP contribution in [-0.2, 0) is 13.1 Å². The molecule has 0 aliphatic carbocycles. The van der Waals surface area contributed by atoms with Crippen LogP contribution in [0.1, 0.15) is 20.4 Å². The molecule has 2 heterocycles. The summed E-state index contributed by atoms with van der Waals surface area (Å²) in [5.41, 5.74) is 0.812. The van der Waals surface area contributed by atoms with Crippen molar-refractivity contribution in [3.63, 3.8) is 0 Å². The van der Waals surface area contributed by atoms with Gasteiger partial charge in [0.1, 0.15) is 0 Å². The van der Waals surface area contributed by atoms with E-state index < -0.39 is 5.97 Å². The first-order valence-electron chi connectivity index (χ1n) is 5.04.